The van der Waals surface area contributed by atoms with Gasteiger partial charge >= 0.3 is 0 Å². The minimum atomic E-state index is -0.493. The predicted molar refractivity (Wildman–Crippen MR) is 68.4 cm³/mol. The van der Waals surface area contributed by atoms with Crippen LogP contribution in [0.4, 0.5) is 5.69 Å². The van der Waals surface area contributed by atoms with Gasteiger partial charge in [0.25, 0.3) is 5.91 Å². The van der Waals surface area contributed by atoms with Gasteiger partial charge in [-0.1, -0.05) is 19.9 Å². The number of hydrogen-bond donors (Lipinski definition) is 1. The molecule has 0 radical (unpaired) electrons. The SMILES string of the molecule is CC1Oc2cc(C(C#N)C(C)C)ccc2NC1=O. The van der Waals surface area contributed by atoms with Gasteiger partial charge in [0.1, 0.15) is 5.75 Å². The number of nitrogens with one attached hydrogen (secondary N) is 1. The molecule has 1 aliphatic rings. The number of ether oxygens (including phenoxy) is 1. The van der Waals surface area contributed by atoms with E-state index in [0.717, 1.165) is 5.56 Å². The highest BCUT2D eigenvalue weighted by atomic mass is 16.5. The van der Waals surface area contributed by atoms with Gasteiger partial charge in [-0.15, -0.1) is 0 Å². The van der Waals surface area contributed by atoms with Crippen molar-refractivity contribution in [2.24, 2.45) is 5.92 Å². The molecule has 1 N–H and O–H groups in total. The Kier molecular flexibility index (Phi) is 3.24. The number of anilines is 1. The molecule has 0 saturated carbocycles. The van der Waals surface area contributed by atoms with Crippen LogP contribution in [-0.4, -0.2) is 12.0 Å². The van der Waals surface area contributed by atoms with Crippen molar-refractivity contribution in [1.82, 2.24) is 0 Å². The number of fused-ring (bicyclic) bond motifs is 1. The third kappa shape index (κ3) is 2.17. The second-order valence-electron chi connectivity index (χ2n) is 4.86. The predicted octanol–water partition coefficient (Wildman–Crippen LogP) is 2.67. The maximum absolute atomic E-state index is 11.5. The van der Waals surface area contributed by atoms with Crippen LogP contribution in [0.2, 0.25) is 0 Å². The third-order valence-corrected chi connectivity index (χ3v) is 3.10. The van der Waals surface area contributed by atoms with E-state index in [9.17, 15) is 10.1 Å². The molecule has 0 spiro atoms. The molecule has 1 amide bonds. The van der Waals surface area contributed by atoms with Gasteiger partial charge in [-0.2, -0.15) is 5.26 Å². The van der Waals surface area contributed by atoms with Crippen molar-refractivity contribution in [3.05, 3.63) is 23.8 Å². The van der Waals surface area contributed by atoms with Crippen molar-refractivity contribution in [3.8, 4) is 11.8 Å². The molecular weight excluding hydrogens is 228 g/mol. The summed E-state index contributed by atoms with van der Waals surface area (Å²) < 4.78 is 5.54. The van der Waals surface area contributed by atoms with Crippen LogP contribution in [0, 0.1) is 17.2 Å². The van der Waals surface area contributed by atoms with Gasteiger partial charge in [0, 0.05) is 0 Å². The molecular formula is C14H16N2O2. The van der Waals surface area contributed by atoms with E-state index < -0.39 is 6.10 Å². The van der Waals surface area contributed by atoms with Gasteiger partial charge < -0.3 is 10.1 Å². The Morgan fingerprint density at radius 2 is 2.17 bits per heavy atom. The Morgan fingerprint density at radius 1 is 1.44 bits per heavy atom. The molecule has 2 rings (SSSR count). The number of hydrogen-bond acceptors (Lipinski definition) is 3. The van der Waals surface area contributed by atoms with Crippen LogP contribution < -0.4 is 10.1 Å². The second-order valence-corrected chi connectivity index (χ2v) is 4.86. The maximum atomic E-state index is 11.5. The summed E-state index contributed by atoms with van der Waals surface area (Å²) in [6.45, 7) is 5.73. The number of benzene rings is 1. The quantitative estimate of drug-likeness (QED) is 0.870. The first-order chi connectivity index (χ1) is 8.52. The van der Waals surface area contributed by atoms with E-state index in [4.69, 9.17) is 4.74 Å². The van der Waals surface area contributed by atoms with Crippen LogP contribution >= 0.6 is 0 Å². The minimum absolute atomic E-state index is 0.143. The van der Waals surface area contributed by atoms with E-state index in [1.54, 1.807) is 13.0 Å². The van der Waals surface area contributed by atoms with Crippen LogP contribution in [0.3, 0.4) is 0 Å². The lowest BCUT2D eigenvalue weighted by Crippen LogP contribution is -2.34. The highest BCUT2D eigenvalue weighted by Gasteiger charge is 2.25. The lowest BCUT2D eigenvalue weighted by atomic mass is 9.89. The minimum Gasteiger partial charge on any atom is -0.479 e. The summed E-state index contributed by atoms with van der Waals surface area (Å²) in [5.41, 5.74) is 1.59. The highest BCUT2D eigenvalue weighted by Crippen LogP contribution is 2.34. The van der Waals surface area contributed by atoms with Gasteiger partial charge in [0.15, 0.2) is 6.10 Å². The average Bonchev–Trinajstić information content (AvgIpc) is 2.31. The topological polar surface area (TPSA) is 62.1 Å². The van der Waals surface area contributed by atoms with Gasteiger partial charge in [0.05, 0.1) is 17.7 Å². The molecule has 18 heavy (non-hydrogen) atoms. The largest absolute Gasteiger partial charge is 0.479 e. The monoisotopic (exact) mass is 244 g/mol. The van der Waals surface area contributed by atoms with E-state index in [1.165, 1.54) is 0 Å². The lowest BCUT2D eigenvalue weighted by Gasteiger charge is -2.24. The number of carbonyl (C=O) groups excluding carboxylic acids is 1. The zero-order chi connectivity index (χ0) is 13.3. The molecule has 2 atom stereocenters. The van der Waals surface area contributed by atoms with Crippen molar-refractivity contribution in [3.63, 3.8) is 0 Å². The number of amides is 1. The van der Waals surface area contributed by atoms with Crippen LogP contribution in [-0.2, 0) is 4.79 Å². The van der Waals surface area contributed by atoms with Crippen molar-refractivity contribution in [2.75, 3.05) is 5.32 Å². The summed E-state index contributed by atoms with van der Waals surface area (Å²) in [4.78, 5) is 11.5. The fraction of sp³-hybridized carbons (Fsp3) is 0.429. The van der Waals surface area contributed by atoms with Crippen LogP contribution in [0.1, 0.15) is 32.3 Å². The van der Waals surface area contributed by atoms with Crippen molar-refractivity contribution in [2.45, 2.75) is 32.8 Å². The molecule has 0 saturated heterocycles. The molecule has 1 aromatic rings. The summed E-state index contributed by atoms with van der Waals surface area (Å²) in [7, 11) is 0. The van der Waals surface area contributed by atoms with Crippen molar-refractivity contribution in [1.29, 1.82) is 5.26 Å². The summed E-state index contributed by atoms with van der Waals surface area (Å²) in [5.74, 6) is 0.576. The number of carbonyl (C=O) groups is 1. The molecule has 94 valence electrons. The number of nitriles is 1. The van der Waals surface area contributed by atoms with E-state index in [0.29, 0.717) is 11.4 Å². The molecule has 1 aliphatic heterocycles. The molecule has 4 heteroatoms. The average molecular weight is 244 g/mol. The molecule has 0 bridgehead atoms. The summed E-state index contributed by atoms with van der Waals surface area (Å²) in [6.07, 6.45) is -0.493. The Morgan fingerprint density at radius 3 is 2.78 bits per heavy atom. The Labute approximate surface area is 107 Å². The van der Waals surface area contributed by atoms with Gasteiger partial charge in [-0.25, -0.2) is 0 Å². The third-order valence-electron chi connectivity index (χ3n) is 3.10. The van der Waals surface area contributed by atoms with Gasteiger partial charge in [0.2, 0.25) is 0 Å². The first kappa shape index (κ1) is 12.4. The lowest BCUT2D eigenvalue weighted by molar-refractivity contribution is -0.122. The molecule has 2 unspecified atom stereocenters. The van der Waals surface area contributed by atoms with E-state index in [-0.39, 0.29) is 17.7 Å². The Bertz CT molecular complexity index is 517. The first-order valence-electron chi connectivity index (χ1n) is 6.04. The van der Waals surface area contributed by atoms with E-state index in [1.807, 2.05) is 26.0 Å². The summed E-state index contributed by atoms with van der Waals surface area (Å²) in [5, 5.41) is 12.0. The van der Waals surface area contributed by atoms with Crippen molar-refractivity contribution >= 4 is 11.6 Å². The molecule has 0 fully saturated rings. The highest BCUT2D eigenvalue weighted by molar-refractivity contribution is 5.97. The summed E-state index contributed by atoms with van der Waals surface area (Å²) >= 11 is 0. The standard InChI is InChI=1S/C14H16N2O2/c1-8(2)11(7-15)10-4-5-12-13(6-10)18-9(3)14(17)16-12/h4-6,8-9,11H,1-3H3,(H,16,17). The van der Waals surface area contributed by atoms with Crippen molar-refractivity contribution < 1.29 is 9.53 Å². The smallest absolute Gasteiger partial charge is 0.265 e. The molecule has 0 aromatic heterocycles. The molecule has 0 aliphatic carbocycles. The van der Waals surface area contributed by atoms with Gasteiger partial charge in [-0.05, 0) is 30.5 Å². The number of nitrogens with zero attached hydrogens (tertiary/aromatic N) is 1. The maximum Gasteiger partial charge on any atom is 0.265 e. The number of rotatable bonds is 2. The van der Waals surface area contributed by atoms with Crippen LogP contribution in [0.25, 0.3) is 0 Å². The zero-order valence-electron chi connectivity index (χ0n) is 10.7. The Hall–Kier alpha value is -2.02. The molecule has 1 heterocycles. The van der Waals surface area contributed by atoms with E-state index >= 15 is 0 Å². The van der Waals surface area contributed by atoms with Crippen LogP contribution in [0.15, 0.2) is 18.2 Å². The summed E-state index contributed by atoms with van der Waals surface area (Å²) in [6, 6.07) is 7.81. The Balaban J connectivity index is 2.36. The molecule has 4 nitrogen and oxygen atoms in total. The fourth-order valence-electron chi connectivity index (χ4n) is 2.02. The van der Waals surface area contributed by atoms with Gasteiger partial charge in [-0.3, -0.25) is 4.79 Å². The van der Waals surface area contributed by atoms with Crippen LogP contribution in [0.5, 0.6) is 5.75 Å². The molecule has 1 aromatic carbocycles. The van der Waals surface area contributed by atoms with E-state index in [2.05, 4.69) is 11.4 Å². The fourth-order valence-corrected chi connectivity index (χ4v) is 2.02. The first-order valence-corrected chi connectivity index (χ1v) is 6.04. The zero-order valence-corrected chi connectivity index (χ0v) is 10.7. The normalized spacial score (nSPS) is 19.5. The second kappa shape index (κ2) is 4.69.